The van der Waals surface area contributed by atoms with Crippen molar-refractivity contribution in [3.63, 3.8) is 0 Å². The molecule has 9 heteroatoms. The van der Waals surface area contributed by atoms with Crippen LogP contribution in [-0.4, -0.2) is 9.13 Å². The maximum absolute atomic E-state index is 15.8. The molecule has 0 atom stereocenters. The van der Waals surface area contributed by atoms with E-state index in [0.717, 1.165) is 83.6 Å². The first-order valence-corrected chi connectivity index (χ1v) is 24.9. The molecule has 370 valence electrons. The van der Waals surface area contributed by atoms with Crippen molar-refractivity contribution in [2.24, 2.45) is 0 Å². The third-order valence-corrected chi connectivity index (χ3v) is 15.0. The smallest absolute Gasteiger partial charge is 0.309 e. The number of halogens is 6. The molecule has 2 heterocycles. The van der Waals surface area contributed by atoms with E-state index in [1.807, 2.05) is 202 Å². The van der Waals surface area contributed by atoms with Crippen molar-refractivity contribution in [1.82, 2.24) is 9.13 Å². The predicted molar refractivity (Wildman–Crippen MR) is 296 cm³/mol. The Hall–Kier alpha value is -9.13. The molecule has 10 aromatic carbocycles. The van der Waals surface area contributed by atoms with Crippen LogP contribution in [0.25, 0.3) is 111 Å². The molecule has 0 spiro atoms. The second-order valence-electron chi connectivity index (χ2n) is 19.6. The maximum atomic E-state index is 15.8. The zero-order valence-corrected chi connectivity index (χ0v) is 41.7. The van der Waals surface area contributed by atoms with Gasteiger partial charge in [0.2, 0.25) is 0 Å². The molecule has 76 heavy (non-hydrogen) atoms. The Kier molecular flexibility index (Phi) is 11.4. The molecule has 0 amide bonds. The van der Waals surface area contributed by atoms with Crippen LogP contribution in [-0.2, 0) is 12.4 Å². The molecule has 0 radical (unpaired) electrons. The maximum Gasteiger partial charge on any atom is 0.417 e. The highest BCUT2D eigenvalue weighted by Crippen LogP contribution is 2.50. The minimum Gasteiger partial charge on any atom is -0.309 e. The number of nitriles is 1. The van der Waals surface area contributed by atoms with Gasteiger partial charge in [-0.25, -0.2) is 0 Å². The fourth-order valence-corrected chi connectivity index (χ4v) is 11.4. The van der Waals surface area contributed by atoms with Gasteiger partial charge >= 0.3 is 12.4 Å². The fourth-order valence-electron chi connectivity index (χ4n) is 11.4. The van der Waals surface area contributed by atoms with Gasteiger partial charge in [0.05, 0.1) is 50.1 Å². The number of nitrogens with zero attached hydrogens (tertiary/aromatic N) is 3. The summed E-state index contributed by atoms with van der Waals surface area (Å²) in [4.78, 5) is 0. The molecule has 0 saturated heterocycles. The van der Waals surface area contributed by atoms with Crippen molar-refractivity contribution in [2.75, 3.05) is 0 Å². The molecule has 2 aromatic heterocycles. The Morgan fingerprint density at radius 1 is 0.342 bits per heavy atom. The minimum atomic E-state index is -5.24. The van der Waals surface area contributed by atoms with E-state index in [-0.39, 0.29) is 22.5 Å². The largest absolute Gasteiger partial charge is 0.417 e. The van der Waals surface area contributed by atoms with Crippen LogP contribution in [0.2, 0.25) is 0 Å². The van der Waals surface area contributed by atoms with Crippen LogP contribution >= 0.6 is 0 Å². The summed E-state index contributed by atoms with van der Waals surface area (Å²) in [5.74, 6) is 0. The lowest BCUT2D eigenvalue weighted by molar-refractivity contribution is -0.142. The average Bonchev–Trinajstić information content (AvgIpc) is 3.91. The Morgan fingerprint density at radius 3 is 0.961 bits per heavy atom. The van der Waals surface area contributed by atoms with Gasteiger partial charge in [0.25, 0.3) is 0 Å². The first kappa shape index (κ1) is 47.8. The quantitative estimate of drug-likeness (QED) is 0.147. The zero-order valence-electron chi connectivity index (χ0n) is 41.7. The number of benzene rings is 10. The van der Waals surface area contributed by atoms with Crippen molar-refractivity contribution in [3.05, 3.63) is 239 Å². The third-order valence-electron chi connectivity index (χ3n) is 15.0. The van der Waals surface area contributed by atoms with Gasteiger partial charge in [0.1, 0.15) is 6.07 Å². The first-order valence-electron chi connectivity index (χ1n) is 24.9. The summed E-state index contributed by atoms with van der Waals surface area (Å²) >= 11 is 0. The van der Waals surface area contributed by atoms with Crippen molar-refractivity contribution in [3.8, 4) is 73.1 Å². The highest BCUT2D eigenvalue weighted by atomic mass is 19.4. The minimum absolute atomic E-state index is 0.0262. The zero-order chi connectivity index (χ0) is 52.8. The van der Waals surface area contributed by atoms with Crippen LogP contribution in [0.5, 0.6) is 0 Å². The van der Waals surface area contributed by atoms with Gasteiger partial charge in [-0.2, -0.15) is 31.6 Å². The van der Waals surface area contributed by atoms with Gasteiger partial charge in [-0.05, 0) is 143 Å². The highest BCUT2D eigenvalue weighted by Gasteiger charge is 2.42. The van der Waals surface area contributed by atoms with E-state index >= 15 is 26.3 Å². The predicted octanol–water partition coefficient (Wildman–Crippen LogP) is 19.4. The van der Waals surface area contributed by atoms with Gasteiger partial charge in [0, 0.05) is 32.7 Å². The van der Waals surface area contributed by atoms with E-state index < -0.39 is 29.0 Å². The third kappa shape index (κ3) is 7.91. The molecular weight excluding hydrogens is 961 g/mol. The second-order valence-corrected chi connectivity index (χ2v) is 19.6. The summed E-state index contributed by atoms with van der Waals surface area (Å²) in [6.07, 6.45) is -10.5. The highest BCUT2D eigenvalue weighted by molar-refractivity contribution is 6.13. The molecule has 3 nitrogen and oxygen atoms in total. The van der Waals surface area contributed by atoms with E-state index in [4.69, 9.17) is 0 Å². The van der Waals surface area contributed by atoms with Gasteiger partial charge in [0.15, 0.2) is 0 Å². The van der Waals surface area contributed by atoms with E-state index in [0.29, 0.717) is 45.0 Å². The normalized spacial score (nSPS) is 12.1. The van der Waals surface area contributed by atoms with Gasteiger partial charge in [-0.3, -0.25) is 0 Å². The number of hydrogen-bond acceptors (Lipinski definition) is 1. The molecule has 12 aromatic rings. The number of fused-ring (bicyclic) bond motifs is 6. The summed E-state index contributed by atoms with van der Waals surface area (Å²) in [7, 11) is 0. The van der Waals surface area contributed by atoms with Crippen LogP contribution in [0.3, 0.4) is 0 Å². The van der Waals surface area contributed by atoms with Crippen LogP contribution in [0, 0.1) is 39.0 Å². The Morgan fingerprint density at radius 2 is 0.658 bits per heavy atom. The molecule has 0 fully saturated rings. The number of aromatic nitrogens is 2. The van der Waals surface area contributed by atoms with Gasteiger partial charge in [-0.15, -0.1) is 0 Å². The number of rotatable bonds is 7. The molecule has 12 rings (SSSR count). The van der Waals surface area contributed by atoms with Crippen molar-refractivity contribution >= 4 is 43.6 Å². The molecular formula is C67H45F6N3. The molecule has 0 aliphatic heterocycles. The summed E-state index contributed by atoms with van der Waals surface area (Å²) in [5.41, 5.74) is 8.90. The molecule has 0 bridgehead atoms. The van der Waals surface area contributed by atoms with E-state index in [2.05, 4.69) is 6.07 Å². The lowest BCUT2D eigenvalue weighted by Crippen LogP contribution is -2.15. The van der Waals surface area contributed by atoms with Crippen LogP contribution in [0.4, 0.5) is 26.3 Å². The number of hydrogen-bond donors (Lipinski definition) is 0. The van der Waals surface area contributed by atoms with Crippen molar-refractivity contribution < 1.29 is 26.3 Å². The van der Waals surface area contributed by atoms with Crippen molar-refractivity contribution in [1.29, 1.82) is 5.26 Å². The Labute approximate surface area is 434 Å². The van der Waals surface area contributed by atoms with E-state index in [1.165, 1.54) is 12.1 Å². The number of alkyl halides is 6. The first-order chi connectivity index (χ1) is 36.6. The molecule has 0 unspecified atom stereocenters. The van der Waals surface area contributed by atoms with Crippen molar-refractivity contribution in [2.45, 2.75) is 40.0 Å². The average molecular weight is 1010 g/mol. The van der Waals surface area contributed by atoms with Crippen LogP contribution in [0.1, 0.15) is 38.9 Å². The summed E-state index contributed by atoms with van der Waals surface area (Å²) < 4.78 is 98.5. The molecule has 0 N–H and O–H groups in total. The van der Waals surface area contributed by atoms with E-state index in [9.17, 15) is 5.26 Å². The Bertz CT molecular complexity index is 4150. The molecule has 0 aliphatic carbocycles. The van der Waals surface area contributed by atoms with Crippen LogP contribution in [0.15, 0.2) is 200 Å². The summed E-state index contributed by atoms with van der Waals surface area (Å²) in [6.45, 7) is 7.96. The molecule has 0 saturated carbocycles. The number of aryl methyl sites for hydroxylation is 4. The second kappa shape index (κ2) is 18.1. The SMILES string of the molecule is Cc1ccccc1-c1ccc2c3ccc(-c4ccccc4C)cc3n(-c3cc(-c4c(C(F)(F)F)cccc4C(F)(F)F)c(-n4c5cc(-c6ccccc6C)ccc5c5ccc(-c6ccccc6C)cc54)cc3C#N)c2c1. The lowest BCUT2D eigenvalue weighted by Gasteiger charge is -2.24. The lowest BCUT2D eigenvalue weighted by atomic mass is 9.90. The standard InChI is InChI=1S/C67H45F6N3/c1-39-14-5-9-18-48(39)43-24-28-52-53-29-25-44(49-19-10-6-15-40(49)2)33-61(53)75(60(52)32-43)59-37-56(65-57(66(68,69)70)22-13-23-58(65)67(71,72)73)64(36-47(59)38-74)76-62-34-45(50-20-11-7-16-41(50)3)26-30-54(62)55-31-27-46(35-63(55)76)51-21-12-8-17-42(51)4/h5-37H,1-4H3. The van der Waals surface area contributed by atoms with Gasteiger partial charge in [-0.1, -0.05) is 152 Å². The van der Waals surface area contributed by atoms with Gasteiger partial charge < -0.3 is 9.13 Å². The monoisotopic (exact) mass is 1010 g/mol. The molecule has 0 aliphatic rings. The Balaban J connectivity index is 1.27. The van der Waals surface area contributed by atoms with E-state index in [1.54, 1.807) is 4.57 Å². The topological polar surface area (TPSA) is 33.6 Å². The van der Waals surface area contributed by atoms with Crippen LogP contribution < -0.4 is 0 Å². The fraction of sp³-hybridized carbons (Fsp3) is 0.0896. The summed E-state index contributed by atoms with van der Waals surface area (Å²) in [6, 6.07) is 62.5. The summed E-state index contributed by atoms with van der Waals surface area (Å²) in [5, 5.41) is 14.6.